The second-order valence-electron chi connectivity index (χ2n) is 0.143. The molecule has 0 aliphatic heterocycles. The Morgan fingerprint density at radius 3 is 2.25 bits per heavy atom. The first-order valence-electron chi connectivity index (χ1n) is 0.521. The molecule has 28 valence electrons. The van der Waals surface area contributed by atoms with Crippen LogP contribution in [0.1, 0.15) is 0 Å². The fourth-order valence-electron chi connectivity index (χ4n) is 0. The van der Waals surface area contributed by atoms with E-state index in [4.69, 9.17) is 8.91 Å². The van der Waals surface area contributed by atoms with Gasteiger partial charge in [0.25, 0.3) is 0 Å². The van der Waals surface area contributed by atoms with Gasteiger partial charge in [-0.15, -0.1) is 0 Å². The molecule has 0 aromatic carbocycles. The molecule has 0 atom stereocenters. The Morgan fingerprint density at radius 2 is 2.25 bits per heavy atom. The summed E-state index contributed by atoms with van der Waals surface area (Å²) in [7, 11) is 5.14. The average Bonchev–Trinajstić information content (AvgIpc) is 1.37. The number of rotatable bonds is 1. The zero-order valence-corrected chi connectivity index (χ0v) is 6.13. The molecule has 0 heterocycles. The Morgan fingerprint density at radius 1 is 2.00 bits per heavy atom. The van der Waals surface area contributed by atoms with Crippen molar-refractivity contribution in [3.05, 3.63) is 0 Å². The summed E-state index contributed by atoms with van der Waals surface area (Å²) in [6, 6.07) is 0. The predicted molar refractivity (Wildman–Crippen MR) is 17.9 cm³/mol. The second kappa shape index (κ2) is 4.46. The van der Waals surface area contributed by atoms with Gasteiger partial charge in [0.1, 0.15) is 0 Å². The Labute approximate surface area is 47.8 Å². The second-order valence-corrected chi connectivity index (χ2v) is 3.93. The first kappa shape index (κ1) is 5.46. The summed E-state index contributed by atoms with van der Waals surface area (Å²) < 4.78 is 2.62. The maximum absolute atomic E-state index is 5.14. The first-order chi connectivity index (χ1) is 1.91. The molecule has 0 aromatic heterocycles. The average molecular weight is 257 g/mol. The molecule has 0 aromatic rings. The molecule has 0 bridgehead atoms. The SMILES string of the molecule is Cl[I-]NBr. The van der Waals surface area contributed by atoms with Crippen LogP contribution in [0.15, 0.2) is 0 Å². The van der Waals surface area contributed by atoms with Crippen LogP contribution in [0, 0.1) is 0 Å². The van der Waals surface area contributed by atoms with E-state index in [1.807, 2.05) is 0 Å². The molecule has 0 aliphatic carbocycles. The minimum atomic E-state index is -0.251. The van der Waals surface area contributed by atoms with Crippen LogP contribution in [-0.2, 0) is 0 Å². The zero-order chi connectivity index (χ0) is 3.41. The third-order valence-electron chi connectivity index (χ3n) is 0.0270. The number of hydrogen-bond donors (Lipinski definition) is 1. The van der Waals surface area contributed by atoms with Crippen LogP contribution < -0.4 is 22.9 Å². The van der Waals surface area contributed by atoms with Gasteiger partial charge in [-0.05, 0) is 0 Å². The van der Waals surface area contributed by atoms with Gasteiger partial charge in [-0.2, -0.15) is 0 Å². The maximum atomic E-state index is 5.14. The number of halogens is 3. The van der Waals surface area contributed by atoms with Crippen molar-refractivity contribution >= 4 is 25.1 Å². The van der Waals surface area contributed by atoms with Gasteiger partial charge in [-0.25, -0.2) is 0 Å². The van der Waals surface area contributed by atoms with Crippen LogP contribution in [0.2, 0.25) is 0 Å². The molecule has 0 amide bonds. The van der Waals surface area contributed by atoms with Gasteiger partial charge in [0.15, 0.2) is 0 Å². The Bertz CT molecular complexity index is 10.0. The number of hydrogen-bond acceptors (Lipinski definition) is 1. The van der Waals surface area contributed by atoms with Gasteiger partial charge in [-0.3, -0.25) is 0 Å². The van der Waals surface area contributed by atoms with Gasteiger partial charge in [0, 0.05) is 0 Å². The molecule has 1 nitrogen and oxygen atoms in total. The molecule has 0 unspecified atom stereocenters. The van der Waals surface area contributed by atoms with E-state index in [0.717, 1.165) is 0 Å². The van der Waals surface area contributed by atoms with Crippen molar-refractivity contribution in [1.29, 1.82) is 0 Å². The van der Waals surface area contributed by atoms with Crippen LogP contribution >= 0.6 is 25.1 Å². The first-order valence-corrected chi connectivity index (χ1v) is 5.12. The summed E-state index contributed by atoms with van der Waals surface area (Å²) in [4.78, 5) is 0. The van der Waals surface area contributed by atoms with E-state index >= 15 is 0 Å². The van der Waals surface area contributed by atoms with Crippen molar-refractivity contribution in [2.24, 2.45) is 0 Å². The third-order valence-corrected chi connectivity index (χ3v) is 2.82. The summed E-state index contributed by atoms with van der Waals surface area (Å²) >= 11 is 2.66. The molecule has 0 aliphatic rings. The quantitative estimate of drug-likeness (QED) is 0.425. The van der Waals surface area contributed by atoms with E-state index < -0.39 is 0 Å². The summed E-state index contributed by atoms with van der Waals surface area (Å²) in [5.41, 5.74) is 0. The minimum absolute atomic E-state index is 0.251. The molecule has 0 rings (SSSR count). The van der Waals surface area contributed by atoms with Crippen molar-refractivity contribution in [1.82, 2.24) is 2.56 Å². The van der Waals surface area contributed by atoms with E-state index in [0.29, 0.717) is 0 Å². The third kappa shape index (κ3) is 3.46. The van der Waals surface area contributed by atoms with Gasteiger partial charge in [-0.1, -0.05) is 0 Å². The van der Waals surface area contributed by atoms with Crippen LogP contribution in [0.25, 0.3) is 0 Å². The summed E-state index contributed by atoms with van der Waals surface area (Å²) in [5, 5.41) is 0. The van der Waals surface area contributed by atoms with Crippen LogP contribution in [0.4, 0.5) is 0 Å². The van der Waals surface area contributed by atoms with Crippen molar-refractivity contribution in [3.8, 4) is 0 Å². The Kier molecular flexibility index (Phi) is 6.09. The summed E-state index contributed by atoms with van der Waals surface area (Å²) in [6.07, 6.45) is 0. The molecular formula is HBrClIN-. The molecule has 0 saturated carbocycles. The van der Waals surface area contributed by atoms with E-state index in [9.17, 15) is 0 Å². The molecule has 0 radical (unpaired) electrons. The fraction of sp³-hybridized carbons (Fsp3) is 0. The van der Waals surface area contributed by atoms with Gasteiger partial charge < -0.3 is 0 Å². The fourth-order valence-corrected chi connectivity index (χ4v) is 0. The molecule has 0 spiro atoms. The summed E-state index contributed by atoms with van der Waals surface area (Å²) in [5.74, 6) is 0. The Hall–Kier alpha value is 1.46. The zero-order valence-electron chi connectivity index (χ0n) is 1.63. The molecule has 0 saturated heterocycles. The molecule has 1 N–H and O–H groups in total. The predicted octanol–water partition coefficient (Wildman–Crippen LogP) is -1.96. The summed E-state index contributed by atoms with van der Waals surface area (Å²) in [6.45, 7) is 0. The number of nitrogens with one attached hydrogen (secondary N) is 1. The van der Waals surface area contributed by atoms with E-state index in [2.05, 4.69) is 18.7 Å². The van der Waals surface area contributed by atoms with Crippen LogP contribution in [0.5, 0.6) is 0 Å². The van der Waals surface area contributed by atoms with Crippen molar-refractivity contribution in [2.75, 3.05) is 0 Å². The topological polar surface area (TPSA) is 12.0 Å². The Balaban J connectivity index is 1.97. The van der Waals surface area contributed by atoms with Gasteiger partial charge in [0.05, 0.1) is 0 Å². The van der Waals surface area contributed by atoms with Crippen LogP contribution in [-0.4, -0.2) is 0 Å². The van der Waals surface area contributed by atoms with Crippen LogP contribution in [0.3, 0.4) is 0 Å². The van der Waals surface area contributed by atoms with Crippen molar-refractivity contribution < 1.29 is 20.4 Å². The van der Waals surface area contributed by atoms with Crippen molar-refractivity contribution in [2.45, 2.75) is 0 Å². The van der Waals surface area contributed by atoms with Gasteiger partial charge >= 0.3 is 48.0 Å². The van der Waals surface area contributed by atoms with E-state index in [1.54, 1.807) is 0 Å². The standard InChI is InChI=1S/BrClHIN/c1-4-3-2/h4H/q-1. The monoisotopic (exact) mass is 256 g/mol. The van der Waals surface area contributed by atoms with Crippen molar-refractivity contribution in [3.63, 3.8) is 0 Å². The molecule has 4 heavy (non-hydrogen) atoms. The normalized spacial score (nSPS) is 8.50. The van der Waals surface area contributed by atoms with E-state index in [1.165, 1.54) is 0 Å². The molecule has 0 fully saturated rings. The molecular weight excluding hydrogens is 256 g/mol. The van der Waals surface area contributed by atoms with E-state index in [-0.39, 0.29) is 20.4 Å². The molecule has 4 heteroatoms. The van der Waals surface area contributed by atoms with Gasteiger partial charge in [0.2, 0.25) is 0 Å².